The summed E-state index contributed by atoms with van der Waals surface area (Å²) in [6, 6.07) is 18.7. The second kappa shape index (κ2) is 8.49. The van der Waals surface area contributed by atoms with Crippen molar-refractivity contribution in [2.24, 2.45) is 0 Å². The second-order valence-corrected chi connectivity index (χ2v) is 7.89. The Balaban J connectivity index is 1.51. The number of nitrogens with zero attached hydrogens (tertiary/aromatic N) is 1. The molecule has 3 aromatic rings. The van der Waals surface area contributed by atoms with Crippen molar-refractivity contribution in [3.63, 3.8) is 0 Å². The maximum atomic E-state index is 13.2. The average molecular weight is 407 g/mol. The monoisotopic (exact) mass is 406 g/mol. The van der Waals surface area contributed by atoms with Gasteiger partial charge in [0.05, 0.1) is 18.0 Å². The van der Waals surface area contributed by atoms with Gasteiger partial charge in [0.1, 0.15) is 5.75 Å². The fourth-order valence-corrected chi connectivity index (χ4v) is 4.30. The summed E-state index contributed by atoms with van der Waals surface area (Å²) in [6.45, 7) is 0.724. The van der Waals surface area contributed by atoms with Crippen LogP contribution in [-0.4, -0.2) is 30.4 Å². The third-order valence-corrected chi connectivity index (χ3v) is 6.00. The van der Waals surface area contributed by atoms with Gasteiger partial charge in [-0.1, -0.05) is 24.3 Å². The topological polar surface area (TPSA) is 58.6 Å². The molecule has 0 unspecified atom stereocenters. The minimum absolute atomic E-state index is 0.0180. The molecule has 2 aromatic carbocycles. The van der Waals surface area contributed by atoms with Gasteiger partial charge in [-0.25, -0.2) is 0 Å². The molecule has 0 bridgehead atoms. The number of ether oxygens (including phenoxy) is 1. The van der Waals surface area contributed by atoms with E-state index in [1.165, 1.54) is 11.3 Å². The van der Waals surface area contributed by atoms with Crippen molar-refractivity contribution in [3.8, 4) is 5.75 Å². The van der Waals surface area contributed by atoms with Crippen LogP contribution >= 0.6 is 11.3 Å². The highest BCUT2D eigenvalue weighted by atomic mass is 32.1. The van der Waals surface area contributed by atoms with Gasteiger partial charge in [-0.15, -0.1) is 11.3 Å². The van der Waals surface area contributed by atoms with Crippen molar-refractivity contribution in [1.29, 1.82) is 0 Å². The van der Waals surface area contributed by atoms with Crippen LogP contribution in [0.25, 0.3) is 0 Å². The Morgan fingerprint density at radius 1 is 1.10 bits per heavy atom. The van der Waals surface area contributed by atoms with Crippen LogP contribution in [0.2, 0.25) is 0 Å². The van der Waals surface area contributed by atoms with Crippen LogP contribution in [0.15, 0.2) is 66.0 Å². The molecule has 1 fully saturated rings. The lowest BCUT2D eigenvalue weighted by atomic mass is 10.0. The predicted molar refractivity (Wildman–Crippen MR) is 115 cm³/mol. The fourth-order valence-electron chi connectivity index (χ4n) is 3.68. The standard InChI is InChI=1S/C23H22N2O3S/c1-28-19-11-9-16(10-12-19)20-7-3-13-25(20)23(27)17-5-2-6-18(15-17)24-22(26)21-8-4-14-29-21/h2,4-6,8-12,14-15,20H,3,7,13H2,1H3,(H,24,26)/t20-/m1/s1. The molecule has 2 amide bonds. The van der Waals surface area contributed by atoms with Crippen molar-refractivity contribution >= 4 is 28.8 Å². The Morgan fingerprint density at radius 2 is 1.93 bits per heavy atom. The zero-order chi connectivity index (χ0) is 20.2. The van der Waals surface area contributed by atoms with E-state index in [2.05, 4.69) is 5.32 Å². The first kappa shape index (κ1) is 19.2. The number of benzene rings is 2. The smallest absolute Gasteiger partial charge is 0.265 e. The first-order valence-electron chi connectivity index (χ1n) is 9.55. The number of nitrogens with one attached hydrogen (secondary N) is 1. The maximum absolute atomic E-state index is 13.2. The van der Waals surface area contributed by atoms with Gasteiger partial charge in [-0.05, 0) is 60.2 Å². The molecule has 1 aromatic heterocycles. The second-order valence-electron chi connectivity index (χ2n) is 6.94. The molecule has 0 saturated carbocycles. The SMILES string of the molecule is COc1ccc([C@H]2CCCN2C(=O)c2cccc(NC(=O)c3cccs3)c2)cc1. The van der Waals surface area contributed by atoms with Crippen molar-refractivity contribution in [2.45, 2.75) is 18.9 Å². The van der Waals surface area contributed by atoms with Crippen LogP contribution in [-0.2, 0) is 0 Å². The molecule has 0 aliphatic carbocycles. The molecule has 29 heavy (non-hydrogen) atoms. The summed E-state index contributed by atoms with van der Waals surface area (Å²) >= 11 is 1.39. The lowest BCUT2D eigenvalue weighted by molar-refractivity contribution is 0.0735. The number of likely N-dealkylation sites (tertiary alicyclic amines) is 1. The van der Waals surface area contributed by atoms with E-state index in [1.807, 2.05) is 40.6 Å². The minimum atomic E-state index is -0.165. The highest BCUT2D eigenvalue weighted by molar-refractivity contribution is 7.12. The summed E-state index contributed by atoms with van der Waals surface area (Å²) < 4.78 is 5.23. The van der Waals surface area contributed by atoms with E-state index < -0.39 is 0 Å². The molecule has 0 spiro atoms. The molecule has 1 aliphatic heterocycles. The van der Waals surface area contributed by atoms with Crippen molar-refractivity contribution < 1.29 is 14.3 Å². The normalized spacial score (nSPS) is 15.9. The largest absolute Gasteiger partial charge is 0.497 e. The molecular weight excluding hydrogens is 384 g/mol. The summed E-state index contributed by atoms with van der Waals surface area (Å²) in [6.07, 6.45) is 1.91. The highest BCUT2D eigenvalue weighted by Crippen LogP contribution is 2.34. The van der Waals surface area contributed by atoms with Gasteiger partial charge in [0.15, 0.2) is 0 Å². The third-order valence-electron chi connectivity index (χ3n) is 5.13. The van der Waals surface area contributed by atoms with E-state index >= 15 is 0 Å². The summed E-state index contributed by atoms with van der Waals surface area (Å²) in [7, 11) is 1.64. The summed E-state index contributed by atoms with van der Waals surface area (Å²) in [5.74, 6) is 0.622. The van der Waals surface area contributed by atoms with Crippen LogP contribution in [0.3, 0.4) is 0 Å². The maximum Gasteiger partial charge on any atom is 0.265 e. The molecule has 1 atom stereocenters. The molecular formula is C23H22N2O3S. The molecule has 5 nitrogen and oxygen atoms in total. The van der Waals surface area contributed by atoms with Crippen LogP contribution < -0.4 is 10.1 Å². The van der Waals surface area contributed by atoms with E-state index in [1.54, 1.807) is 37.4 Å². The van der Waals surface area contributed by atoms with Crippen molar-refractivity contribution in [2.75, 3.05) is 19.0 Å². The molecule has 1 aliphatic rings. The zero-order valence-electron chi connectivity index (χ0n) is 16.1. The van der Waals surface area contributed by atoms with Gasteiger partial charge in [0.2, 0.25) is 0 Å². The average Bonchev–Trinajstić information content (AvgIpc) is 3.46. The van der Waals surface area contributed by atoms with Gasteiger partial charge in [0.25, 0.3) is 11.8 Å². The predicted octanol–water partition coefficient (Wildman–Crippen LogP) is 4.99. The van der Waals surface area contributed by atoms with Gasteiger partial charge < -0.3 is 15.0 Å². The van der Waals surface area contributed by atoms with Gasteiger partial charge in [-0.2, -0.15) is 0 Å². The number of hydrogen-bond acceptors (Lipinski definition) is 4. The van der Waals surface area contributed by atoms with Crippen LogP contribution in [0.1, 0.15) is 44.5 Å². The zero-order valence-corrected chi connectivity index (χ0v) is 16.9. The Hall–Kier alpha value is -3.12. The molecule has 6 heteroatoms. The number of methoxy groups -OCH3 is 1. The van der Waals surface area contributed by atoms with Gasteiger partial charge in [-0.3, -0.25) is 9.59 Å². The van der Waals surface area contributed by atoms with Gasteiger partial charge in [0, 0.05) is 17.8 Å². The quantitative estimate of drug-likeness (QED) is 0.650. The van der Waals surface area contributed by atoms with E-state index in [4.69, 9.17) is 4.74 Å². The Labute approximate surface area is 173 Å². The molecule has 1 N–H and O–H groups in total. The van der Waals surface area contributed by atoms with Gasteiger partial charge >= 0.3 is 0 Å². The van der Waals surface area contributed by atoms with Crippen molar-refractivity contribution in [1.82, 2.24) is 4.90 Å². The first-order valence-corrected chi connectivity index (χ1v) is 10.4. The molecule has 2 heterocycles. The molecule has 148 valence electrons. The highest BCUT2D eigenvalue weighted by Gasteiger charge is 2.30. The molecule has 1 saturated heterocycles. The van der Waals surface area contributed by atoms with Crippen LogP contribution in [0.5, 0.6) is 5.75 Å². The number of amides is 2. The number of anilines is 1. The van der Waals surface area contributed by atoms with Crippen LogP contribution in [0, 0.1) is 0 Å². The number of hydrogen-bond donors (Lipinski definition) is 1. The number of carbonyl (C=O) groups is 2. The molecule has 4 rings (SSSR count). The van der Waals surface area contributed by atoms with E-state index in [-0.39, 0.29) is 17.9 Å². The minimum Gasteiger partial charge on any atom is -0.497 e. The summed E-state index contributed by atoms with van der Waals surface area (Å²) in [5.41, 5.74) is 2.31. The Morgan fingerprint density at radius 3 is 2.66 bits per heavy atom. The van der Waals surface area contributed by atoms with Crippen molar-refractivity contribution in [3.05, 3.63) is 82.0 Å². The third kappa shape index (κ3) is 4.17. The lowest BCUT2D eigenvalue weighted by Gasteiger charge is -2.25. The Kier molecular flexibility index (Phi) is 5.62. The van der Waals surface area contributed by atoms with E-state index in [9.17, 15) is 9.59 Å². The number of thiophene rings is 1. The summed E-state index contributed by atoms with van der Waals surface area (Å²) in [4.78, 5) is 28.1. The molecule has 0 radical (unpaired) electrons. The number of carbonyl (C=O) groups excluding carboxylic acids is 2. The summed E-state index contributed by atoms with van der Waals surface area (Å²) in [5, 5.41) is 4.74. The lowest BCUT2D eigenvalue weighted by Crippen LogP contribution is -2.30. The Bertz CT molecular complexity index is 999. The van der Waals surface area contributed by atoms with Crippen LogP contribution in [0.4, 0.5) is 5.69 Å². The number of rotatable bonds is 5. The van der Waals surface area contributed by atoms with E-state index in [0.29, 0.717) is 16.1 Å². The van der Waals surface area contributed by atoms with E-state index in [0.717, 1.165) is 30.7 Å². The first-order chi connectivity index (χ1) is 14.2. The fraction of sp³-hybridized carbons (Fsp3) is 0.217.